The van der Waals surface area contributed by atoms with Gasteiger partial charge < -0.3 is 25.1 Å². The number of nitrogens with two attached hydrogens (primary N) is 1. The number of anilines is 3. The van der Waals surface area contributed by atoms with E-state index in [0.29, 0.717) is 23.5 Å². The number of furan rings is 1. The maximum atomic E-state index is 12.7. The number of carbonyl (C=O) groups is 2. The first-order chi connectivity index (χ1) is 23.6. The van der Waals surface area contributed by atoms with E-state index in [9.17, 15) is 9.59 Å². The molecule has 2 heterocycles. The summed E-state index contributed by atoms with van der Waals surface area (Å²) in [6.07, 6.45) is 2.54. The van der Waals surface area contributed by atoms with Crippen molar-refractivity contribution in [3.05, 3.63) is 138 Å². The van der Waals surface area contributed by atoms with Gasteiger partial charge in [-0.05, 0) is 80.1 Å². The number of benzene rings is 4. The summed E-state index contributed by atoms with van der Waals surface area (Å²) in [4.78, 5) is 28.7. The monoisotopic (exact) mass is 656 g/mol. The number of amides is 2. The Bertz CT molecular complexity index is 2030. The van der Waals surface area contributed by atoms with Gasteiger partial charge >= 0.3 is 12.0 Å². The number of hydrogen-bond donors (Lipinski definition) is 2. The lowest BCUT2D eigenvalue weighted by Gasteiger charge is -2.22. The van der Waals surface area contributed by atoms with Crippen LogP contribution in [0.3, 0.4) is 0 Å². The van der Waals surface area contributed by atoms with E-state index in [2.05, 4.69) is 28.2 Å². The minimum atomic E-state index is -0.879. The van der Waals surface area contributed by atoms with Crippen LogP contribution < -0.4 is 15.5 Å². The van der Waals surface area contributed by atoms with E-state index in [0.717, 1.165) is 57.8 Å². The van der Waals surface area contributed by atoms with Crippen molar-refractivity contribution in [3.8, 4) is 11.1 Å². The first-order valence-corrected chi connectivity index (χ1v) is 15.8. The molecule has 10 heteroatoms. The molecule has 49 heavy (non-hydrogen) atoms. The van der Waals surface area contributed by atoms with Gasteiger partial charge in [0.2, 0.25) is 0 Å². The Morgan fingerprint density at radius 3 is 2.12 bits per heavy atom. The van der Waals surface area contributed by atoms with E-state index in [-0.39, 0.29) is 0 Å². The summed E-state index contributed by atoms with van der Waals surface area (Å²) < 4.78 is 6.09. The number of carbonyl (C=O) groups excluding carboxylic acids is 1. The number of primary amides is 1. The van der Waals surface area contributed by atoms with Crippen LogP contribution in [0.15, 0.2) is 120 Å². The summed E-state index contributed by atoms with van der Waals surface area (Å²) in [5, 5.41) is 17.8. The van der Waals surface area contributed by atoms with Crippen LogP contribution in [0.1, 0.15) is 27.4 Å². The molecule has 0 atom stereocenters. The molecule has 0 spiro atoms. The summed E-state index contributed by atoms with van der Waals surface area (Å²) in [5.41, 5.74) is 13.6. The predicted octanol–water partition coefficient (Wildman–Crippen LogP) is 7.54. The number of hydrogen-bond acceptors (Lipinski definition) is 7. The molecule has 0 saturated heterocycles. The minimum absolute atomic E-state index is 0.331. The third-order valence-corrected chi connectivity index (χ3v) is 8.07. The summed E-state index contributed by atoms with van der Waals surface area (Å²) in [6.45, 7) is 3.46. The van der Waals surface area contributed by atoms with E-state index in [1.165, 1.54) is 0 Å². The van der Waals surface area contributed by atoms with Crippen LogP contribution in [0, 0.1) is 6.92 Å². The van der Waals surface area contributed by atoms with E-state index in [1.807, 2.05) is 98.7 Å². The largest absolute Gasteiger partial charge is 0.478 e. The van der Waals surface area contributed by atoms with Crippen molar-refractivity contribution in [2.45, 2.75) is 19.9 Å². The van der Waals surface area contributed by atoms with Crippen molar-refractivity contribution < 1.29 is 19.1 Å². The highest BCUT2D eigenvalue weighted by atomic mass is 16.4. The number of aromatic carboxylic acids is 1. The second kappa shape index (κ2) is 15.7. The number of urea groups is 1. The third-order valence-electron chi connectivity index (χ3n) is 8.07. The number of rotatable bonds is 10. The lowest BCUT2D eigenvalue weighted by molar-refractivity contribution is 0.0697. The molecule has 0 bridgehead atoms. The van der Waals surface area contributed by atoms with Gasteiger partial charge in [0, 0.05) is 38.1 Å². The van der Waals surface area contributed by atoms with Crippen molar-refractivity contribution in [1.29, 1.82) is 0 Å². The maximum absolute atomic E-state index is 12.7. The Labute approximate surface area is 286 Å². The molecule has 0 radical (unpaired) electrons. The van der Waals surface area contributed by atoms with Gasteiger partial charge in [0.25, 0.3) is 0 Å². The Kier molecular flexibility index (Phi) is 11.0. The number of nitrogens with zero attached hydrogens (tertiary/aromatic N) is 5. The Balaban J connectivity index is 0.000000452. The van der Waals surface area contributed by atoms with E-state index >= 15 is 0 Å². The number of fused-ring (bicyclic) bond motifs is 1. The first-order valence-electron chi connectivity index (χ1n) is 15.8. The summed E-state index contributed by atoms with van der Waals surface area (Å²) in [5.74, 6) is -0.0118. The molecule has 10 nitrogen and oxygen atoms in total. The van der Waals surface area contributed by atoms with E-state index in [4.69, 9.17) is 15.3 Å². The summed E-state index contributed by atoms with van der Waals surface area (Å²) in [7, 11) is 6.05. The highest BCUT2D eigenvalue weighted by Crippen LogP contribution is 2.34. The predicted molar refractivity (Wildman–Crippen MR) is 194 cm³/mol. The Hall–Kier alpha value is -6.00. The highest BCUT2D eigenvalue weighted by molar-refractivity contribution is 6.01. The molecular weight excluding hydrogens is 616 g/mol. The maximum Gasteiger partial charge on any atom is 0.335 e. The van der Waals surface area contributed by atoms with Gasteiger partial charge in [-0.1, -0.05) is 60.7 Å². The molecule has 250 valence electrons. The number of carboxylic acid groups (broad SMARTS) is 1. The molecule has 0 aliphatic rings. The van der Waals surface area contributed by atoms with Gasteiger partial charge in [-0.3, -0.25) is 4.90 Å². The van der Waals surface area contributed by atoms with Crippen molar-refractivity contribution in [3.63, 3.8) is 0 Å². The fourth-order valence-corrected chi connectivity index (χ4v) is 5.53. The summed E-state index contributed by atoms with van der Waals surface area (Å²) >= 11 is 0. The molecule has 0 aliphatic heterocycles. The van der Waals surface area contributed by atoms with Crippen LogP contribution in [0.2, 0.25) is 0 Å². The highest BCUT2D eigenvalue weighted by Gasteiger charge is 2.19. The van der Waals surface area contributed by atoms with Gasteiger partial charge in [-0.15, -0.1) is 0 Å². The molecule has 6 rings (SSSR count). The van der Waals surface area contributed by atoms with Gasteiger partial charge in [0.05, 0.1) is 34.5 Å². The molecule has 0 saturated carbocycles. The zero-order chi connectivity index (χ0) is 34.9. The normalized spacial score (nSPS) is 10.8. The van der Waals surface area contributed by atoms with Crippen LogP contribution in [-0.4, -0.2) is 59.9 Å². The average Bonchev–Trinajstić information content (AvgIpc) is 3.42. The molecule has 3 N–H and O–H groups in total. The van der Waals surface area contributed by atoms with Gasteiger partial charge in [-0.25, -0.2) is 9.59 Å². The first kappa shape index (κ1) is 34.3. The van der Waals surface area contributed by atoms with Crippen LogP contribution in [0.5, 0.6) is 0 Å². The minimum Gasteiger partial charge on any atom is -0.478 e. The molecule has 0 aliphatic carbocycles. The molecular formula is C39H40N6O4. The number of carboxylic acids is 1. The molecule has 0 fully saturated rings. The topological polar surface area (TPSA) is 129 Å². The van der Waals surface area contributed by atoms with Crippen LogP contribution >= 0.6 is 0 Å². The quantitative estimate of drug-likeness (QED) is 0.155. The Morgan fingerprint density at radius 2 is 1.47 bits per heavy atom. The fraction of sp³-hybridized carbons (Fsp3) is 0.179. The number of likely N-dealkylation sites (N-methyl/N-ethyl adjacent to an activating group) is 1. The van der Waals surface area contributed by atoms with Crippen molar-refractivity contribution in [1.82, 2.24) is 15.1 Å². The van der Waals surface area contributed by atoms with E-state index in [1.54, 1.807) is 41.4 Å². The average molecular weight is 657 g/mol. The van der Waals surface area contributed by atoms with Crippen molar-refractivity contribution >= 4 is 40.0 Å². The number of aromatic nitrogens is 2. The zero-order valence-corrected chi connectivity index (χ0v) is 28.1. The van der Waals surface area contributed by atoms with Crippen LogP contribution in [0.25, 0.3) is 22.1 Å². The smallest absolute Gasteiger partial charge is 0.335 e. The molecule has 6 aromatic rings. The zero-order valence-electron chi connectivity index (χ0n) is 28.1. The standard InChI is InChI=1S/C32H34N6O2.C7H6O2/c1-22-29(15-16-37(4)21-25-18-28(36(2)3)20-34-35-25)30-19-27(13-14-31(30)40-22)38(32(33)39)26-12-8-11-24(17-26)23-9-6-5-7-10-23;8-7(9)6-4-2-1-3-5-6/h5-14,17-20H,15-16,21H2,1-4H3,(H2,33,39);1-5H,(H,8,9). The van der Waals surface area contributed by atoms with Gasteiger partial charge in [0.15, 0.2) is 0 Å². The second-order valence-electron chi connectivity index (χ2n) is 11.9. The van der Waals surface area contributed by atoms with E-state index < -0.39 is 12.0 Å². The lowest BCUT2D eigenvalue weighted by atomic mass is 10.0. The van der Waals surface area contributed by atoms with Crippen molar-refractivity contribution in [2.75, 3.05) is 37.5 Å². The van der Waals surface area contributed by atoms with Crippen LogP contribution in [0.4, 0.5) is 21.9 Å². The van der Waals surface area contributed by atoms with Gasteiger partial charge in [-0.2, -0.15) is 10.2 Å². The second-order valence-corrected chi connectivity index (χ2v) is 11.9. The molecule has 2 amide bonds. The van der Waals surface area contributed by atoms with Crippen molar-refractivity contribution in [2.24, 2.45) is 5.73 Å². The fourth-order valence-electron chi connectivity index (χ4n) is 5.53. The molecule has 0 unspecified atom stereocenters. The Morgan fingerprint density at radius 1 is 0.796 bits per heavy atom. The molecule has 2 aromatic heterocycles. The van der Waals surface area contributed by atoms with Crippen LogP contribution in [-0.2, 0) is 13.0 Å². The molecule has 4 aromatic carbocycles. The third kappa shape index (κ3) is 8.68. The SMILES string of the molecule is Cc1oc2ccc(N(C(N)=O)c3cccc(-c4ccccc4)c3)cc2c1CCN(C)Cc1cc(N(C)C)cnn1.O=C(O)c1ccccc1. The lowest BCUT2D eigenvalue weighted by Crippen LogP contribution is -2.31. The number of aryl methyl sites for hydroxylation is 1. The summed E-state index contributed by atoms with van der Waals surface area (Å²) in [6, 6.07) is 33.5. The van der Waals surface area contributed by atoms with Gasteiger partial charge in [0.1, 0.15) is 11.3 Å².